The van der Waals surface area contributed by atoms with E-state index in [1.165, 1.54) is 11.4 Å². The van der Waals surface area contributed by atoms with Crippen molar-refractivity contribution < 1.29 is 17.9 Å². The largest absolute Gasteiger partial charge is 0.469 e. The van der Waals surface area contributed by atoms with E-state index in [-0.39, 0.29) is 18.4 Å². The second-order valence-corrected chi connectivity index (χ2v) is 8.19. The summed E-state index contributed by atoms with van der Waals surface area (Å²) < 4.78 is 32.5. The summed E-state index contributed by atoms with van der Waals surface area (Å²) in [5.74, 6) is -0.714. The maximum atomic E-state index is 13.2. The maximum absolute atomic E-state index is 13.2. The quantitative estimate of drug-likeness (QED) is 0.794. The van der Waals surface area contributed by atoms with Gasteiger partial charge in [0.05, 0.1) is 17.9 Å². The summed E-state index contributed by atoms with van der Waals surface area (Å²) in [5, 5.41) is 0. The van der Waals surface area contributed by atoms with Crippen molar-refractivity contribution in [3.05, 3.63) is 28.3 Å². The van der Waals surface area contributed by atoms with Crippen molar-refractivity contribution in [2.24, 2.45) is 5.92 Å². The molecule has 1 atom stereocenters. The van der Waals surface area contributed by atoms with Gasteiger partial charge in [-0.1, -0.05) is 6.07 Å². The average molecular weight is 339 g/mol. The maximum Gasteiger partial charge on any atom is 0.309 e. The Balaban J connectivity index is 2.45. The van der Waals surface area contributed by atoms with E-state index in [1.54, 1.807) is 0 Å². The summed E-state index contributed by atoms with van der Waals surface area (Å²) >= 11 is 0. The van der Waals surface area contributed by atoms with Gasteiger partial charge in [0.2, 0.25) is 10.0 Å². The number of rotatable bonds is 3. The highest BCUT2D eigenvalue weighted by Crippen LogP contribution is 2.31. The summed E-state index contributed by atoms with van der Waals surface area (Å²) in [6.07, 6.45) is 1.34. The number of hydrogen-bond acceptors (Lipinski definition) is 4. The second-order valence-electron chi connectivity index (χ2n) is 6.31. The fraction of sp³-hybridized carbons (Fsp3) is 0.588. The zero-order chi connectivity index (χ0) is 17.4. The number of hydrogen-bond donors (Lipinski definition) is 0. The van der Waals surface area contributed by atoms with Crippen molar-refractivity contribution in [1.29, 1.82) is 0 Å². The van der Waals surface area contributed by atoms with Crippen molar-refractivity contribution in [3.63, 3.8) is 0 Å². The minimum atomic E-state index is -3.62. The molecule has 0 aliphatic carbocycles. The molecule has 1 aliphatic heterocycles. The van der Waals surface area contributed by atoms with E-state index in [1.807, 2.05) is 33.8 Å². The summed E-state index contributed by atoms with van der Waals surface area (Å²) in [5.41, 5.74) is 3.50. The van der Waals surface area contributed by atoms with Gasteiger partial charge in [-0.25, -0.2) is 8.42 Å². The lowest BCUT2D eigenvalue weighted by Crippen LogP contribution is -2.43. The lowest BCUT2D eigenvalue weighted by atomic mass is 10.0. The minimum absolute atomic E-state index is 0.195. The molecule has 0 bridgehead atoms. The molecule has 2 rings (SSSR count). The standard InChI is InChI=1S/C17H25NO4S/c1-11-9-12(2)14(4)16(13(11)3)23(20,21)18-8-6-7-15(10-18)17(19)22-5/h9,15H,6-8,10H2,1-5H3. The van der Waals surface area contributed by atoms with Gasteiger partial charge in [0.15, 0.2) is 0 Å². The first-order valence-electron chi connectivity index (χ1n) is 7.85. The molecule has 5 nitrogen and oxygen atoms in total. The van der Waals surface area contributed by atoms with E-state index < -0.39 is 10.0 Å². The molecule has 1 aromatic rings. The highest BCUT2D eigenvalue weighted by molar-refractivity contribution is 7.89. The molecule has 1 unspecified atom stereocenters. The third kappa shape index (κ3) is 3.28. The highest BCUT2D eigenvalue weighted by atomic mass is 32.2. The fourth-order valence-electron chi connectivity index (χ4n) is 3.22. The average Bonchev–Trinajstić information content (AvgIpc) is 2.52. The molecule has 128 valence electrons. The van der Waals surface area contributed by atoms with E-state index in [0.29, 0.717) is 24.3 Å². The number of methoxy groups -OCH3 is 1. The number of sulfonamides is 1. The minimum Gasteiger partial charge on any atom is -0.469 e. The number of piperidine rings is 1. The van der Waals surface area contributed by atoms with Crippen molar-refractivity contribution in [2.45, 2.75) is 45.4 Å². The molecule has 1 heterocycles. The normalized spacial score (nSPS) is 19.6. The molecule has 0 radical (unpaired) electrons. The van der Waals surface area contributed by atoms with Crippen LogP contribution < -0.4 is 0 Å². The van der Waals surface area contributed by atoms with Crippen LogP contribution >= 0.6 is 0 Å². The number of ether oxygens (including phenoxy) is 1. The Morgan fingerprint density at radius 2 is 1.74 bits per heavy atom. The van der Waals surface area contributed by atoms with E-state index in [2.05, 4.69) is 0 Å². The van der Waals surface area contributed by atoms with Crippen molar-refractivity contribution in [3.8, 4) is 0 Å². The van der Waals surface area contributed by atoms with Gasteiger partial charge >= 0.3 is 5.97 Å². The van der Waals surface area contributed by atoms with Crippen LogP contribution in [0.25, 0.3) is 0 Å². The van der Waals surface area contributed by atoms with Crippen LogP contribution in [0, 0.1) is 33.6 Å². The van der Waals surface area contributed by atoms with E-state index in [4.69, 9.17) is 4.74 Å². The van der Waals surface area contributed by atoms with Crippen LogP contribution in [0.4, 0.5) is 0 Å². The third-order valence-corrected chi connectivity index (χ3v) is 6.95. The summed E-state index contributed by atoms with van der Waals surface area (Å²) in [7, 11) is -2.28. The first kappa shape index (κ1) is 17.9. The molecule has 0 N–H and O–H groups in total. The second kappa shape index (κ2) is 6.61. The number of carbonyl (C=O) groups is 1. The lowest BCUT2D eigenvalue weighted by Gasteiger charge is -2.31. The Kier molecular flexibility index (Phi) is 5.16. The number of aryl methyl sites for hydroxylation is 2. The van der Waals surface area contributed by atoms with Crippen molar-refractivity contribution in [2.75, 3.05) is 20.2 Å². The van der Waals surface area contributed by atoms with Crippen molar-refractivity contribution in [1.82, 2.24) is 4.31 Å². The van der Waals surface area contributed by atoms with Crippen LogP contribution in [-0.4, -0.2) is 38.9 Å². The zero-order valence-corrected chi connectivity index (χ0v) is 15.3. The number of nitrogens with zero attached hydrogens (tertiary/aromatic N) is 1. The molecule has 0 spiro atoms. The van der Waals surface area contributed by atoms with Gasteiger partial charge in [-0.15, -0.1) is 0 Å². The molecule has 1 fully saturated rings. The predicted molar refractivity (Wildman–Crippen MR) is 88.9 cm³/mol. The van der Waals surface area contributed by atoms with Gasteiger partial charge in [0.1, 0.15) is 0 Å². The van der Waals surface area contributed by atoms with E-state index in [9.17, 15) is 13.2 Å². The highest BCUT2D eigenvalue weighted by Gasteiger charge is 2.35. The first-order valence-corrected chi connectivity index (χ1v) is 9.29. The Morgan fingerprint density at radius 1 is 1.17 bits per heavy atom. The molecule has 1 saturated heterocycles. The van der Waals surface area contributed by atoms with Gasteiger partial charge in [-0.3, -0.25) is 4.79 Å². The summed E-state index contributed by atoms with van der Waals surface area (Å²) in [4.78, 5) is 12.2. The summed E-state index contributed by atoms with van der Waals surface area (Å²) in [6.45, 7) is 8.18. The summed E-state index contributed by atoms with van der Waals surface area (Å²) in [6, 6.07) is 2.01. The van der Waals surface area contributed by atoms with Crippen LogP contribution in [0.1, 0.15) is 35.1 Å². The van der Waals surface area contributed by atoms with Crippen molar-refractivity contribution >= 4 is 16.0 Å². The van der Waals surface area contributed by atoms with Crippen LogP contribution in [0.2, 0.25) is 0 Å². The van der Waals surface area contributed by atoms with Gasteiger partial charge in [-0.2, -0.15) is 4.31 Å². The molecule has 6 heteroatoms. The topological polar surface area (TPSA) is 63.7 Å². The number of benzene rings is 1. The Labute approximate surface area is 138 Å². The Bertz CT molecular complexity index is 698. The zero-order valence-electron chi connectivity index (χ0n) is 14.5. The van der Waals surface area contributed by atoms with Crippen LogP contribution in [0.3, 0.4) is 0 Å². The Hall–Kier alpha value is -1.40. The van der Waals surface area contributed by atoms with E-state index >= 15 is 0 Å². The van der Waals surface area contributed by atoms with Crippen LogP contribution in [0.15, 0.2) is 11.0 Å². The van der Waals surface area contributed by atoms with Crippen LogP contribution in [0.5, 0.6) is 0 Å². The molecule has 0 amide bonds. The van der Waals surface area contributed by atoms with Gasteiger partial charge < -0.3 is 4.74 Å². The van der Waals surface area contributed by atoms with Gasteiger partial charge in [-0.05, 0) is 62.8 Å². The molecule has 1 aliphatic rings. The molecular weight excluding hydrogens is 314 g/mol. The third-order valence-electron chi connectivity index (χ3n) is 4.81. The number of esters is 1. The van der Waals surface area contributed by atoms with Gasteiger partial charge in [0, 0.05) is 13.1 Å². The smallest absolute Gasteiger partial charge is 0.309 e. The monoisotopic (exact) mass is 339 g/mol. The molecule has 0 aromatic heterocycles. The predicted octanol–water partition coefficient (Wildman–Crippen LogP) is 2.49. The SMILES string of the molecule is COC(=O)C1CCCN(S(=O)(=O)c2c(C)c(C)cc(C)c2C)C1. The van der Waals surface area contributed by atoms with E-state index in [0.717, 1.165) is 22.3 Å². The molecule has 1 aromatic carbocycles. The fourth-order valence-corrected chi connectivity index (χ4v) is 5.32. The molecular formula is C17H25NO4S. The molecule has 0 saturated carbocycles. The molecule has 23 heavy (non-hydrogen) atoms. The Morgan fingerprint density at radius 3 is 2.26 bits per heavy atom. The van der Waals surface area contributed by atoms with Crippen LogP contribution in [-0.2, 0) is 19.6 Å². The van der Waals surface area contributed by atoms with Gasteiger partial charge in [0.25, 0.3) is 0 Å². The number of carbonyl (C=O) groups excluding carboxylic acids is 1. The first-order chi connectivity index (χ1) is 10.7. The lowest BCUT2D eigenvalue weighted by molar-refractivity contribution is -0.146.